The number of hydrogen-bond acceptors (Lipinski definition) is 1. The molecule has 0 atom stereocenters. The van der Waals surface area contributed by atoms with Crippen molar-refractivity contribution in [3.63, 3.8) is 0 Å². The Balaban J connectivity index is 2.02. The van der Waals surface area contributed by atoms with Crippen LogP contribution < -0.4 is 0 Å². The van der Waals surface area contributed by atoms with E-state index in [2.05, 4.69) is 6.92 Å². The number of benzene rings is 3. The molecule has 182 valence electrons. The van der Waals surface area contributed by atoms with Crippen LogP contribution >= 0.6 is 0 Å². The summed E-state index contributed by atoms with van der Waals surface area (Å²) in [4.78, 5) is 0. The molecule has 0 aliphatic carbocycles. The normalized spacial score (nSPS) is 11.3. The molecule has 0 fully saturated rings. The first-order valence-corrected chi connectivity index (χ1v) is 11.8. The van der Waals surface area contributed by atoms with E-state index in [1.165, 1.54) is 25.7 Å². The van der Waals surface area contributed by atoms with Crippen LogP contribution in [-0.4, -0.2) is 5.11 Å². The number of aryl methyl sites for hydroxylation is 1. The number of aromatic hydroxyl groups is 1. The van der Waals surface area contributed by atoms with Crippen molar-refractivity contribution >= 4 is 0 Å². The van der Waals surface area contributed by atoms with Gasteiger partial charge in [0.15, 0.2) is 29.0 Å². The number of phenols is 1. The lowest BCUT2D eigenvalue weighted by molar-refractivity contribution is 0.406. The van der Waals surface area contributed by atoms with Crippen LogP contribution in [0.2, 0.25) is 0 Å². The van der Waals surface area contributed by atoms with Crippen molar-refractivity contribution in [2.75, 3.05) is 0 Å². The van der Waals surface area contributed by atoms with E-state index in [0.717, 1.165) is 24.8 Å². The molecule has 34 heavy (non-hydrogen) atoms. The van der Waals surface area contributed by atoms with Crippen LogP contribution in [0, 0.1) is 29.1 Å². The van der Waals surface area contributed by atoms with Gasteiger partial charge in [-0.2, -0.15) is 4.39 Å². The highest BCUT2D eigenvalue weighted by Crippen LogP contribution is 2.45. The van der Waals surface area contributed by atoms with Gasteiger partial charge in [0.05, 0.1) is 0 Å². The summed E-state index contributed by atoms with van der Waals surface area (Å²) in [5, 5.41) is 10.5. The van der Waals surface area contributed by atoms with Crippen LogP contribution in [0.1, 0.15) is 63.5 Å². The monoisotopic (exact) mass is 476 g/mol. The third-order valence-corrected chi connectivity index (χ3v) is 6.14. The van der Waals surface area contributed by atoms with E-state index in [0.29, 0.717) is 17.7 Å². The average Bonchev–Trinajstić information content (AvgIpc) is 2.83. The number of phenolic OH excluding ortho intramolecular Hbond substituents is 1. The molecule has 0 spiro atoms. The Morgan fingerprint density at radius 3 is 1.82 bits per heavy atom. The van der Waals surface area contributed by atoms with E-state index in [9.17, 15) is 27.1 Å². The summed E-state index contributed by atoms with van der Waals surface area (Å²) in [7, 11) is 0. The standard InChI is InChI=1S/C28H29F5O/c1-3-5-6-7-8-9-10-17-11-13-18(14-12-17)23-20(4-2)25(31)27(33)28(34)24(23)19-15-21(29)26(32)22(30)16-19/h11-16,34H,3-10H2,1-2H3. The number of unbranched alkanes of at least 4 members (excludes halogenated alkanes) is 5. The Morgan fingerprint density at radius 1 is 0.647 bits per heavy atom. The molecule has 0 heterocycles. The summed E-state index contributed by atoms with van der Waals surface area (Å²) in [6.45, 7) is 3.79. The van der Waals surface area contributed by atoms with E-state index in [-0.39, 0.29) is 28.7 Å². The van der Waals surface area contributed by atoms with Crippen molar-refractivity contribution in [3.05, 3.63) is 76.6 Å². The second kappa shape index (κ2) is 11.5. The summed E-state index contributed by atoms with van der Waals surface area (Å²) in [5.74, 6) is -8.47. The minimum absolute atomic E-state index is 0.0425. The Morgan fingerprint density at radius 2 is 1.24 bits per heavy atom. The zero-order valence-electron chi connectivity index (χ0n) is 19.5. The van der Waals surface area contributed by atoms with Gasteiger partial charge in [0, 0.05) is 5.56 Å². The first kappa shape index (κ1) is 25.7. The molecule has 3 aromatic rings. The lowest BCUT2D eigenvalue weighted by Gasteiger charge is -2.19. The van der Waals surface area contributed by atoms with E-state index in [1.807, 2.05) is 12.1 Å². The lowest BCUT2D eigenvalue weighted by atomic mass is 9.87. The molecular formula is C28H29F5O. The predicted molar refractivity (Wildman–Crippen MR) is 125 cm³/mol. The largest absolute Gasteiger partial charge is 0.504 e. The molecule has 0 aromatic heterocycles. The maximum atomic E-state index is 14.8. The minimum atomic E-state index is -1.68. The zero-order valence-corrected chi connectivity index (χ0v) is 19.5. The molecule has 0 unspecified atom stereocenters. The second-order valence-electron chi connectivity index (χ2n) is 8.53. The fraction of sp³-hybridized carbons (Fsp3) is 0.357. The Labute approximate surface area is 197 Å². The van der Waals surface area contributed by atoms with Crippen molar-refractivity contribution < 1.29 is 27.1 Å². The SMILES string of the molecule is CCCCCCCCc1ccc(-c2c(CC)c(F)c(F)c(O)c2-c2cc(F)c(F)c(F)c2)cc1. The van der Waals surface area contributed by atoms with Gasteiger partial charge in [0.25, 0.3) is 0 Å². The van der Waals surface area contributed by atoms with Gasteiger partial charge in [-0.1, -0.05) is 70.2 Å². The molecule has 0 saturated carbocycles. The van der Waals surface area contributed by atoms with E-state index < -0.39 is 34.8 Å². The van der Waals surface area contributed by atoms with Gasteiger partial charge in [-0.15, -0.1) is 0 Å². The van der Waals surface area contributed by atoms with Crippen molar-refractivity contribution in [2.45, 2.75) is 65.2 Å². The summed E-state index contributed by atoms with van der Waals surface area (Å²) < 4.78 is 70.7. The molecule has 6 heteroatoms. The summed E-state index contributed by atoms with van der Waals surface area (Å²) in [6, 6.07) is 8.51. The molecule has 1 N–H and O–H groups in total. The van der Waals surface area contributed by atoms with Crippen LogP contribution in [-0.2, 0) is 12.8 Å². The molecule has 0 saturated heterocycles. The molecule has 0 amide bonds. The first-order chi connectivity index (χ1) is 16.3. The Bertz CT molecular complexity index is 1120. The van der Waals surface area contributed by atoms with Crippen LogP contribution in [0.5, 0.6) is 5.75 Å². The van der Waals surface area contributed by atoms with Crippen molar-refractivity contribution in [2.24, 2.45) is 0 Å². The number of halogens is 5. The molecule has 0 aliphatic heterocycles. The second-order valence-corrected chi connectivity index (χ2v) is 8.53. The third kappa shape index (κ3) is 5.43. The molecule has 1 nitrogen and oxygen atoms in total. The molecule has 0 aliphatic rings. The van der Waals surface area contributed by atoms with Crippen molar-refractivity contribution in [3.8, 4) is 28.0 Å². The average molecular weight is 477 g/mol. The van der Waals surface area contributed by atoms with Gasteiger partial charge in [0.1, 0.15) is 0 Å². The van der Waals surface area contributed by atoms with Crippen LogP contribution in [0.4, 0.5) is 22.0 Å². The minimum Gasteiger partial charge on any atom is -0.504 e. The topological polar surface area (TPSA) is 20.2 Å². The maximum Gasteiger partial charge on any atom is 0.201 e. The van der Waals surface area contributed by atoms with E-state index in [4.69, 9.17) is 0 Å². The van der Waals surface area contributed by atoms with Crippen molar-refractivity contribution in [1.82, 2.24) is 0 Å². The summed E-state index contributed by atoms with van der Waals surface area (Å²) in [5.41, 5.74) is 1.04. The van der Waals surface area contributed by atoms with E-state index >= 15 is 0 Å². The highest BCUT2D eigenvalue weighted by Gasteiger charge is 2.26. The Kier molecular flexibility index (Phi) is 8.70. The highest BCUT2D eigenvalue weighted by atomic mass is 19.2. The highest BCUT2D eigenvalue weighted by molar-refractivity contribution is 5.90. The summed E-state index contributed by atoms with van der Waals surface area (Å²) in [6.07, 6.45) is 7.95. The third-order valence-electron chi connectivity index (χ3n) is 6.14. The fourth-order valence-corrected chi connectivity index (χ4v) is 4.30. The number of rotatable bonds is 10. The summed E-state index contributed by atoms with van der Waals surface area (Å²) >= 11 is 0. The van der Waals surface area contributed by atoms with Gasteiger partial charge in [0.2, 0.25) is 5.82 Å². The predicted octanol–water partition coefficient (Wildman–Crippen LogP) is 8.89. The lowest BCUT2D eigenvalue weighted by Crippen LogP contribution is -2.03. The molecular weight excluding hydrogens is 447 g/mol. The molecule has 0 bridgehead atoms. The van der Waals surface area contributed by atoms with Gasteiger partial charge < -0.3 is 5.11 Å². The molecule has 3 aromatic carbocycles. The van der Waals surface area contributed by atoms with E-state index in [1.54, 1.807) is 19.1 Å². The maximum absolute atomic E-state index is 14.8. The van der Waals surface area contributed by atoms with Crippen LogP contribution in [0.25, 0.3) is 22.3 Å². The van der Waals surface area contributed by atoms with Crippen LogP contribution in [0.3, 0.4) is 0 Å². The smallest absolute Gasteiger partial charge is 0.201 e. The van der Waals surface area contributed by atoms with Gasteiger partial charge in [-0.3, -0.25) is 0 Å². The Hall–Kier alpha value is -2.89. The van der Waals surface area contributed by atoms with Gasteiger partial charge in [-0.25, -0.2) is 17.6 Å². The molecule has 0 radical (unpaired) electrons. The van der Waals surface area contributed by atoms with Crippen LogP contribution in [0.15, 0.2) is 36.4 Å². The number of hydrogen-bond donors (Lipinski definition) is 1. The quantitative estimate of drug-likeness (QED) is 0.176. The molecule has 3 rings (SSSR count). The van der Waals surface area contributed by atoms with Gasteiger partial charge in [-0.05, 0) is 59.2 Å². The zero-order chi connectivity index (χ0) is 24.8. The fourth-order valence-electron chi connectivity index (χ4n) is 4.30. The van der Waals surface area contributed by atoms with Gasteiger partial charge >= 0.3 is 0 Å². The van der Waals surface area contributed by atoms with Crippen molar-refractivity contribution in [1.29, 1.82) is 0 Å². The first-order valence-electron chi connectivity index (χ1n) is 11.8.